The summed E-state index contributed by atoms with van der Waals surface area (Å²) in [5.41, 5.74) is -2.94. The maximum atomic E-state index is 10.1. The van der Waals surface area contributed by atoms with Gasteiger partial charge in [0.2, 0.25) is 0 Å². The molecule has 2 aliphatic rings. The molecule has 18 heavy (non-hydrogen) atoms. The zero-order valence-electron chi connectivity index (χ0n) is 10.4. The van der Waals surface area contributed by atoms with Gasteiger partial charge in [0.1, 0.15) is 0 Å². The summed E-state index contributed by atoms with van der Waals surface area (Å²) < 4.78 is 0. The molecule has 0 bridgehead atoms. The van der Waals surface area contributed by atoms with E-state index in [-0.39, 0.29) is 33.1 Å². The molecule has 0 amide bonds. The van der Waals surface area contributed by atoms with Crippen molar-refractivity contribution in [3.63, 3.8) is 0 Å². The molecular formula is C12H27MgO2PS2. The largest absolute Gasteiger partial charge is 0.341 e. The van der Waals surface area contributed by atoms with Crippen LogP contribution in [0.1, 0.15) is 64.2 Å². The van der Waals surface area contributed by atoms with Crippen molar-refractivity contribution in [1.82, 2.24) is 0 Å². The highest BCUT2D eigenvalue weighted by Crippen LogP contribution is 2.52. The topological polar surface area (TPSA) is 40.5 Å². The Balaban J connectivity index is 0.00000162. The van der Waals surface area contributed by atoms with Crippen LogP contribution in [-0.4, -0.2) is 43.3 Å². The summed E-state index contributed by atoms with van der Waals surface area (Å²) in [6.45, 7) is 0. The Morgan fingerprint density at radius 1 is 0.778 bits per heavy atom. The molecule has 2 rings (SSSR count). The monoisotopic (exact) mass is 322 g/mol. The van der Waals surface area contributed by atoms with Crippen molar-refractivity contribution in [2.45, 2.75) is 74.7 Å². The first-order valence-corrected chi connectivity index (χ1v) is 11.7. The molecule has 2 nitrogen and oxygen atoms in total. The summed E-state index contributed by atoms with van der Waals surface area (Å²) in [4.78, 5) is 20.3. The minimum absolute atomic E-state index is 0. The Hall–Kier alpha value is 1.82. The Morgan fingerprint density at radius 2 is 1.11 bits per heavy atom. The second kappa shape index (κ2) is 8.31. The molecule has 2 fully saturated rings. The first kappa shape index (κ1) is 17.9. The van der Waals surface area contributed by atoms with Crippen molar-refractivity contribution in [3.05, 3.63) is 0 Å². The van der Waals surface area contributed by atoms with Gasteiger partial charge in [-0.3, -0.25) is 0 Å². The molecule has 0 saturated heterocycles. The van der Waals surface area contributed by atoms with Crippen molar-refractivity contribution in [1.29, 1.82) is 0 Å². The van der Waals surface area contributed by atoms with Crippen LogP contribution in [0.5, 0.6) is 0 Å². The standard InChI is InChI=1S/C12H25O2PS2.Mg.2H/c13-15(14,16)17(11-7-3-1-4-8-11)12-9-5-2-6-10-12;;;/h11-14,16H,1-10H2;;;. The Morgan fingerprint density at radius 3 is 1.39 bits per heavy atom. The predicted octanol–water partition coefficient (Wildman–Crippen LogP) is 2.95. The van der Waals surface area contributed by atoms with E-state index in [9.17, 15) is 9.79 Å². The third-order valence-electron chi connectivity index (χ3n) is 4.07. The van der Waals surface area contributed by atoms with E-state index in [4.69, 9.17) is 0 Å². The molecule has 0 atom stereocenters. The van der Waals surface area contributed by atoms with Gasteiger partial charge in [0.05, 0.1) is 0 Å². The highest BCUT2D eigenvalue weighted by molar-refractivity contribution is 8.66. The van der Waals surface area contributed by atoms with Gasteiger partial charge in [-0.25, -0.2) is 0 Å². The lowest BCUT2D eigenvalue weighted by atomic mass is 10.00. The summed E-state index contributed by atoms with van der Waals surface area (Å²) in [7, 11) is -0.228. The molecule has 0 aromatic rings. The van der Waals surface area contributed by atoms with Crippen LogP contribution in [0, 0.1) is 0 Å². The van der Waals surface area contributed by atoms with Gasteiger partial charge in [0, 0.05) is 10.5 Å². The summed E-state index contributed by atoms with van der Waals surface area (Å²) in [5, 5.41) is 1.10. The van der Waals surface area contributed by atoms with Gasteiger partial charge in [-0.15, -0.1) is 10.1 Å². The van der Waals surface area contributed by atoms with E-state index < -0.39 is 5.69 Å². The first-order chi connectivity index (χ1) is 8.09. The van der Waals surface area contributed by atoms with Gasteiger partial charge in [-0.2, -0.15) is 0 Å². The smallest absolute Gasteiger partial charge is 0.316 e. The maximum Gasteiger partial charge on any atom is 0.316 e. The number of rotatable bonds is 2. The molecule has 2 aliphatic carbocycles. The predicted molar refractivity (Wildman–Crippen MR) is 90.0 cm³/mol. The van der Waals surface area contributed by atoms with E-state index in [1.165, 1.54) is 64.2 Å². The van der Waals surface area contributed by atoms with Crippen LogP contribution in [0.4, 0.5) is 0 Å². The first-order valence-electron chi connectivity index (χ1n) is 6.89. The second-order valence-corrected chi connectivity index (χ2v) is 13.7. The van der Waals surface area contributed by atoms with Gasteiger partial charge >= 0.3 is 23.1 Å². The lowest BCUT2D eigenvalue weighted by molar-refractivity contribution is 0.483. The third-order valence-corrected chi connectivity index (χ3v) is 12.1. The third kappa shape index (κ3) is 4.98. The van der Waals surface area contributed by atoms with E-state index in [0.717, 1.165) is 0 Å². The summed E-state index contributed by atoms with van der Waals surface area (Å²) in [6, 6.07) is 0. The molecule has 0 aromatic carbocycles. The summed E-state index contributed by atoms with van der Waals surface area (Å²) in [6.07, 6.45) is 12.5. The number of hydrogen-bond acceptors (Lipinski definition) is 0. The van der Waals surface area contributed by atoms with E-state index in [1.807, 2.05) is 0 Å². The van der Waals surface area contributed by atoms with Crippen LogP contribution in [0.15, 0.2) is 0 Å². The van der Waals surface area contributed by atoms with Crippen molar-refractivity contribution in [3.8, 4) is 0 Å². The van der Waals surface area contributed by atoms with Gasteiger partial charge in [0.25, 0.3) is 0 Å². The minimum atomic E-state index is -2.94. The van der Waals surface area contributed by atoms with Gasteiger partial charge in [-0.05, 0) is 25.7 Å². The normalized spacial score (nSPS) is 24.0. The van der Waals surface area contributed by atoms with Crippen molar-refractivity contribution < 1.29 is 9.79 Å². The fourth-order valence-corrected chi connectivity index (χ4v) is 12.3. The van der Waals surface area contributed by atoms with E-state index >= 15 is 0 Å². The molecule has 0 aliphatic heterocycles. The molecule has 2 N–H and O–H groups in total. The molecule has 0 radical (unpaired) electrons. The van der Waals surface area contributed by atoms with Crippen LogP contribution in [0.25, 0.3) is 0 Å². The van der Waals surface area contributed by atoms with Crippen LogP contribution >= 0.6 is 17.9 Å². The second-order valence-electron chi connectivity index (χ2n) is 5.38. The zero-order valence-corrected chi connectivity index (χ0v) is 13.0. The number of hydrogen-bond donors (Lipinski definition) is 3. The van der Waals surface area contributed by atoms with Crippen molar-refractivity contribution >= 4 is 51.1 Å². The SMILES string of the molecule is OP(O)(S)=S(C1CCCCC1)C1CCCCC1.[MgH2]. The summed E-state index contributed by atoms with van der Waals surface area (Å²) >= 11 is 4.20. The van der Waals surface area contributed by atoms with E-state index in [1.54, 1.807) is 0 Å². The van der Waals surface area contributed by atoms with Crippen LogP contribution in [0.3, 0.4) is 0 Å². The highest BCUT2D eigenvalue weighted by Gasteiger charge is 2.30. The lowest BCUT2D eigenvalue weighted by Crippen LogP contribution is -2.29. The Labute approximate surface area is 135 Å². The molecule has 2 saturated carbocycles. The average molecular weight is 323 g/mol. The summed E-state index contributed by atoms with van der Waals surface area (Å²) in [5.74, 6) is 0. The molecule has 0 heterocycles. The maximum absolute atomic E-state index is 10.1. The molecule has 0 aromatic heterocycles. The van der Waals surface area contributed by atoms with E-state index in [0.29, 0.717) is 10.5 Å². The fraction of sp³-hybridized carbons (Fsp3) is 1.00. The zero-order chi connectivity index (χ0) is 12.3. The molecular weight excluding hydrogens is 296 g/mol. The minimum Gasteiger partial charge on any atom is -0.341 e. The molecule has 0 unspecified atom stereocenters. The van der Waals surface area contributed by atoms with Gasteiger partial charge < -0.3 is 9.79 Å². The van der Waals surface area contributed by atoms with Crippen molar-refractivity contribution in [2.24, 2.45) is 0 Å². The van der Waals surface area contributed by atoms with Crippen LogP contribution < -0.4 is 0 Å². The van der Waals surface area contributed by atoms with Crippen molar-refractivity contribution in [2.75, 3.05) is 0 Å². The van der Waals surface area contributed by atoms with Gasteiger partial charge in [-0.1, -0.05) is 50.8 Å². The molecule has 0 spiro atoms. The van der Waals surface area contributed by atoms with Gasteiger partial charge in [0.15, 0.2) is 5.69 Å². The van der Waals surface area contributed by atoms with E-state index in [2.05, 4.69) is 12.2 Å². The highest BCUT2D eigenvalue weighted by atomic mass is 32.9. The molecule has 106 valence electrons. The quantitative estimate of drug-likeness (QED) is 0.415. The van der Waals surface area contributed by atoms with Crippen LogP contribution in [0.2, 0.25) is 0 Å². The molecule has 6 heteroatoms. The number of thiol groups is 1. The lowest BCUT2D eigenvalue weighted by Gasteiger charge is -2.35. The Bertz CT molecular complexity index is 279. The Kier molecular flexibility index (Phi) is 8.24. The fourth-order valence-electron chi connectivity index (χ4n) is 3.29. The van der Waals surface area contributed by atoms with Crippen LogP contribution in [-0.2, 0) is 10.1 Å². The average Bonchev–Trinajstić information content (AvgIpc) is 2.30.